The lowest BCUT2D eigenvalue weighted by molar-refractivity contribution is -0.134. The van der Waals surface area contributed by atoms with E-state index in [1.807, 2.05) is 60.7 Å². The van der Waals surface area contributed by atoms with Crippen LogP contribution in [0.3, 0.4) is 0 Å². The van der Waals surface area contributed by atoms with Gasteiger partial charge < -0.3 is 10.1 Å². The average Bonchev–Trinajstić information content (AvgIpc) is 3.25. The number of fused-ring (bicyclic) bond motifs is 1. The number of nitrogens with one attached hydrogen (secondary N) is 1. The van der Waals surface area contributed by atoms with Gasteiger partial charge in [-0.3, -0.25) is 4.79 Å². The Balaban J connectivity index is 1.85. The van der Waals surface area contributed by atoms with Crippen LogP contribution in [0.5, 0.6) is 0 Å². The van der Waals surface area contributed by atoms with Gasteiger partial charge >= 0.3 is 5.97 Å². The maximum atomic E-state index is 13.2. The third-order valence-electron chi connectivity index (χ3n) is 4.50. The zero-order chi connectivity index (χ0) is 20.2. The summed E-state index contributed by atoms with van der Waals surface area (Å²) in [5.41, 5.74) is 1.85. The molecule has 0 bridgehead atoms. The van der Waals surface area contributed by atoms with E-state index in [9.17, 15) is 9.59 Å². The quantitative estimate of drug-likeness (QED) is 0.530. The van der Waals surface area contributed by atoms with E-state index < -0.39 is 12.0 Å². The average molecular weight is 387 g/mol. The second-order valence-corrected chi connectivity index (χ2v) is 6.26. The number of esters is 1. The van der Waals surface area contributed by atoms with E-state index in [1.165, 1.54) is 17.9 Å². The zero-order valence-corrected chi connectivity index (χ0v) is 15.5. The molecule has 1 aliphatic heterocycles. The van der Waals surface area contributed by atoms with Gasteiger partial charge in [0.2, 0.25) is 5.95 Å². The summed E-state index contributed by atoms with van der Waals surface area (Å²) in [6, 6.07) is 18.1. The van der Waals surface area contributed by atoms with Gasteiger partial charge in [-0.05, 0) is 27.6 Å². The standard InChI is InChI=1S/C21H17N5O3/c1-29-20(28)19-17(16(27)13-12-14-8-4-2-5-9-14)18(15-10-6-3-7-11-15)22-21-23-24-25-26(19)21/h2-13,18H,1H3,(H,22,23,25)/b13-12+/t18-/m1/s1. The SMILES string of the molecule is COC(=O)C1=C(C(=O)/C=C/c2ccccc2)[C@@H](c2ccccc2)Nc2nnnn21. The van der Waals surface area contributed by atoms with E-state index in [0.717, 1.165) is 11.1 Å². The minimum absolute atomic E-state index is 0.0113. The number of allylic oxidation sites excluding steroid dienone is 1. The molecular formula is C21H17N5O3. The first-order chi connectivity index (χ1) is 14.2. The summed E-state index contributed by atoms with van der Waals surface area (Å²) in [4.78, 5) is 25.8. The molecular weight excluding hydrogens is 370 g/mol. The molecule has 0 fully saturated rings. The first-order valence-electron chi connectivity index (χ1n) is 8.89. The van der Waals surface area contributed by atoms with Crippen molar-refractivity contribution in [2.24, 2.45) is 0 Å². The third kappa shape index (κ3) is 3.55. The van der Waals surface area contributed by atoms with Crippen LogP contribution in [0, 0.1) is 0 Å². The van der Waals surface area contributed by atoms with Gasteiger partial charge in [0.05, 0.1) is 18.7 Å². The summed E-state index contributed by atoms with van der Waals surface area (Å²) in [7, 11) is 1.25. The molecule has 8 heteroatoms. The minimum atomic E-state index is -0.697. The fourth-order valence-electron chi connectivity index (χ4n) is 3.15. The van der Waals surface area contributed by atoms with Gasteiger partial charge in [-0.1, -0.05) is 71.8 Å². The molecule has 0 radical (unpaired) electrons. The molecule has 1 N–H and O–H groups in total. The predicted molar refractivity (Wildman–Crippen MR) is 106 cm³/mol. The molecule has 0 spiro atoms. The highest BCUT2D eigenvalue weighted by molar-refractivity contribution is 6.23. The zero-order valence-electron chi connectivity index (χ0n) is 15.5. The Kier molecular flexibility index (Phi) is 4.98. The largest absolute Gasteiger partial charge is 0.464 e. The Bertz CT molecular complexity index is 1100. The number of carbonyl (C=O) groups is 2. The second-order valence-electron chi connectivity index (χ2n) is 6.26. The summed E-state index contributed by atoms with van der Waals surface area (Å²) < 4.78 is 6.12. The molecule has 2 aromatic carbocycles. The molecule has 0 aliphatic carbocycles. The van der Waals surface area contributed by atoms with Gasteiger partial charge in [0.1, 0.15) is 0 Å². The Morgan fingerprint density at radius 2 is 1.76 bits per heavy atom. The second kappa shape index (κ2) is 7.89. The van der Waals surface area contributed by atoms with Crippen molar-refractivity contribution in [3.63, 3.8) is 0 Å². The number of tetrazole rings is 1. The summed E-state index contributed by atoms with van der Waals surface area (Å²) in [6.07, 6.45) is 3.13. The van der Waals surface area contributed by atoms with Crippen LogP contribution < -0.4 is 5.32 Å². The number of anilines is 1. The van der Waals surface area contributed by atoms with Crippen LogP contribution >= 0.6 is 0 Å². The molecule has 3 aromatic rings. The number of rotatable bonds is 5. The number of aromatic nitrogens is 4. The lowest BCUT2D eigenvalue weighted by atomic mass is 9.92. The highest BCUT2D eigenvalue weighted by Crippen LogP contribution is 2.35. The van der Waals surface area contributed by atoms with E-state index >= 15 is 0 Å². The lowest BCUT2D eigenvalue weighted by Crippen LogP contribution is -2.31. The van der Waals surface area contributed by atoms with E-state index in [2.05, 4.69) is 20.8 Å². The minimum Gasteiger partial charge on any atom is -0.464 e. The normalized spacial score (nSPS) is 15.7. The summed E-state index contributed by atoms with van der Waals surface area (Å²) in [5.74, 6) is -0.794. The topological polar surface area (TPSA) is 99.0 Å². The van der Waals surface area contributed by atoms with Gasteiger partial charge in [-0.25, -0.2) is 4.79 Å². The fraction of sp³-hybridized carbons (Fsp3) is 0.0952. The summed E-state index contributed by atoms with van der Waals surface area (Å²) >= 11 is 0. The number of hydrogen-bond donors (Lipinski definition) is 1. The van der Waals surface area contributed by atoms with Gasteiger partial charge in [0, 0.05) is 0 Å². The number of carbonyl (C=O) groups excluding carboxylic acids is 2. The number of ketones is 1. The van der Waals surface area contributed by atoms with Crippen LogP contribution in [0.2, 0.25) is 0 Å². The third-order valence-corrected chi connectivity index (χ3v) is 4.50. The molecule has 1 atom stereocenters. The molecule has 8 nitrogen and oxygen atoms in total. The molecule has 4 rings (SSSR count). The van der Waals surface area contributed by atoms with Crippen molar-refractivity contribution in [1.82, 2.24) is 20.2 Å². The van der Waals surface area contributed by atoms with Crippen LogP contribution in [0.15, 0.2) is 72.3 Å². The van der Waals surface area contributed by atoms with Crippen molar-refractivity contribution >= 4 is 29.5 Å². The first kappa shape index (κ1) is 18.3. The van der Waals surface area contributed by atoms with Crippen LogP contribution in [-0.4, -0.2) is 39.1 Å². The Hall–Kier alpha value is -4.07. The molecule has 2 heterocycles. The van der Waals surface area contributed by atoms with Gasteiger partial charge in [-0.2, -0.15) is 4.68 Å². The smallest absolute Gasteiger partial charge is 0.357 e. The molecule has 0 saturated carbocycles. The van der Waals surface area contributed by atoms with Crippen LogP contribution in [0.25, 0.3) is 11.8 Å². The van der Waals surface area contributed by atoms with E-state index in [-0.39, 0.29) is 23.0 Å². The van der Waals surface area contributed by atoms with Gasteiger partial charge in [0.25, 0.3) is 0 Å². The molecule has 0 saturated heterocycles. The van der Waals surface area contributed by atoms with E-state index in [1.54, 1.807) is 6.08 Å². The van der Waals surface area contributed by atoms with Crippen LogP contribution in [0.4, 0.5) is 5.95 Å². The summed E-state index contributed by atoms with van der Waals surface area (Å²) in [5, 5.41) is 14.5. The Morgan fingerprint density at radius 1 is 1.07 bits per heavy atom. The molecule has 1 aliphatic rings. The maximum Gasteiger partial charge on any atom is 0.357 e. The number of benzene rings is 2. The van der Waals surface area contributed by atoms with E-state index in [4.69, 9.17) is 4.74 Å². The van der Waals surface area contributed by atoms with Crippen LogP contribution in [-0.2, 0) is 14.3 Å². The van der Waals surface area contributed by atoms with Crippen molar-refractivity contribution in [2.45, 2.75) is 6.04 Å². The van der Waals surface area contributed by atoms with Crippen molar-refractivity contribution in [3.8, 4) is 0 Å². The van der Waals surface area contributed by atoms with Crippen molar-refractivity contribution < 1.29 is 14.3 Å². The predicted octanol–water partition coefficient (Wildman–Crippen LogP) is 2.51. The van der Waals surface area contributed by atoms with E-state index in [0.29, 0.717) is 0 Å². The number of nitrogens with zero attached hydrogens (tertiary/aromatic N) is 4. The number of methoxy groups -OCH3 is 1. The van der Waals surface area contributed by atoms with Crippen molar-refractivity contribution in [2.75, 3.05) is 12.4 Å². The molecule has 29 heavy (non-hydrogen) atoms. The number of hydrogen-bond acceptors (Lipinski definition) is 7. The highest BCUT2D eigenvalue weighted by atomic mass is 16.5. The highest BCUT2D eigenvalue weighted by Gasteiger charge is 2.37. The fourth-order valence-corrected chi connectivity index (χ4v) is 3.15. The van der Waals surface area contributed by atoms with Crippen molar-refractivity contribution in [3.05, 3.63) is 83.4 Å². The molecule has 1 aromatic heterocycles. The Labute approximate surface area is 166 Å². The maximum absolute atomic E-state index is 13.2. The van der Waals surface area contributed by atoms with Gasteiger partial charge in [-0.15, -0.1) is 0 Å². The molecule has 144 valence electrons. The molecule has 0 unspecified atom stereocenters. The van der Waals surface area contributed by atoms with Crippen molar-refractivity contribution in [1.29, 1.82) is 0 Å². The molecule has 0 amide bonds. The Morgan fingerprint density at radius 3 is 2.45 bits per heavy atom. The summed E-state index contributed by atoms with van der Waals surface area (Å²) in [6.45, 7) is 0. The van der Waals surface area contributed by atoms with Crippen LogP contribution in [0.1, 0.15) is 17.2 Å². The van der Waals surface area contributed by atoms with Gasteiger partial charge in [0.15, 0.2) is 11.5 Å². The first-order valence-corrected chi connectivity index (χ1v) is 8.89. The monoisotopic (exact) mass is 387 g/mol. The number of ether oxygens (including phenoxy) is 1. The lowest BCUT2D eigenvalue weighted by Gasteiger charge is -2.27.